The van der Waals surface area contributed by atoms with E-state index in [-0.39, 0.29) is 36.4 Å². The highest BCUT2D eigenvalue weighted by Gasteiger charge is 2.25. The van der Waals surface area contributed by atoms with Gasteiger partial charge in [0.1, 0.15) is 6.54 Å². The van der Waals surface area contributed by atoms with Crippen molar-refractivity contribution >= 4 is 35.8 Å². The van der Waals surface area contributed by atoms with E-state index >= 15 is 0 Å². The number of carbonyl (C=O) groups excluding carboxylic acids is 1. The number of nitrogens with one attached hydrogen (secondary N) is 1. The van der Waals surface area contributed by atoms with Crippen LogP contribution >= 0.6 is 24.0 Å². The number of hydrogen-bond donors (Lipinski definition) is 1. The molecule has 0 aromatic carbocycles. The van der Waals surface area contributed by atoms with Gasteiger partial charge in [0, 0.05) is 46.3 Å². The van der Waals surface area contributed by atoms with Crippen molar-refractivity contribution in [1.29, 1.82) is 0 Å². The Morgan fingerprint density at radius 3 is 2.52 bits per heavy atom. The van der Waals surface area contributed by atoms with Crippen LogP contribution in [0, 0.1) is 5.92 Å². The summed E-state index contributed by atoms with van der Waals surface area (Å²) in [6, 6.07) is 0.533. The number of hydrogen-bond acceptors (Lipinski definition) is 3. The van der Waals surface area contributed by atoms with Gasteiger partial charge in [-0.2, -0.15) is 0 Å². The normalized spacial score (nSPS) is 21.7. The number of guanidine groups is 1. The smallest absolute Gasteiger partial charge is 0.243 e. The Labute approximate surface area is 144 Å². The lowest BCUT2D eigenvalue weighted by Gasteiger charge is -2.25. The summed E-state index contributed by atoms with van der Waals surface area (Å²) in [6.45, 7) is 2.82. The van der Waals surface area contributed by atoms with E-state index in [0.29, 0.717) is 12.0 Å². The van der Waals surface area contributed by atoms with Crippen LogP contribution in [0.5, 0.6) is 0 Å². The lowest BCUT2D eigenvalue weighted by molar-refractivity contribution is -0.127. The Kier molecular flexibility index (Phi) is 7.72. The van der Waals surface area contributed by atoms with Gasteiger partial charge >= 0.3 is 0 Å². The van der Waals surface area contributed by atoms with Crippen molar-refractivity contribution in [3.63, 3.8) is 0 Å². The molecule has 122 valence electrons. The second kappa shape index (κ2) is 8.77. The van der Waals surface area contributed by atoms with Crippen LogP contribution in [0.1, 0.15) is 19.3 Å². The molecule has 7 heteroatoms. The van der Waals surface area contributed by atoms with Gasteiger partial charge in [-0.1, -0.05) is 0 Å². The predicted octanol–water partition coefficient (Wildman–Crippen LogP) is 0.769. The first-order chi connectivity index (χ1) is 9.56. The highest BCUT2D eigenvalue weighted by Crippen LogP contribution is 2.19. The van der Waals surface area contributed by atoms with Crippen LogP contribution in [0.25, 0.3) is 0 Å². The molecule has 1 heterocycles. The quantitative estimate of drug-likeness (QED) is 0.413. The predicted molar refractivity (Wildman–Crippen MR) is 94.1 cm³/mol. The molecule has 2 fully saturated rings. The number of rotatable bonds is 5. The first-order valence-electron chi connectivity index (χ1n) is 7.36. The largest absolute Gasteiger partial charge is 0.381 e. The molecule has 6 nitrogen and oxygen atoms in total. The zero-order valence-electron chi connectivity index (χ0n) is 13.2. The van der Waals surface area contributed by atoms with Gasteiger partial charge in [0.2, 0.25) is 5.91 Å². The lowest BCUT2D eigenvalue weighted by atomic mass is 10.1. The lowest BCUT2D eigenvalue weighted by Crippen LogP contribution is -2.43. The molecule has 0 radical (unpaired) electrons. The Morgan fingerprint density at radius 2 is 2.00 bits per heavy atom. The highest BCUT2D eigenvalue weighted by atomic mass is 127. The molecule has 21 heavy (non-hydrogen) atoms. The number of carbonyl (C=O) groups is 1. The molecule has 2 aliphatic rings. The van der Waals surface area contributed by atoms with E-state index in [0.717, 1.165) is 32.1 Å². The van der Waals surface area contributed by atoms with Crippen LogP contribution in [0.15, 0.2) is 4.99 Å². The minimum atomic E-state index is 0. The van der Waals surface area contributed by atoms with Crippen molar-refractivity contribution in [2.45, 2.75) is 25.3 Å². The third kappa shape index (κ3) is 6.37. The molecule has 0 aromatic rings. The summed E-state index contributed by atoms with van der Waals surface area (Å²) < 4.78 is 5.41. The summed E-state index contributed by atoms with van der Waals surface area (Å²) in [5, 5.41) is 3.42. The fourth-order valence-corrected chi connectivity index (χ4v) is 2.17. The zero-order chi connectivity index (χ0) is 14.5. The highest BCUT2D eigenvalue weighted by molar-refractivity contribution is 14.0. The first-order valence-corrected chi connectivity index (χ1v) is 7.36. The first kappa shape index (κ1) is 18.5. The Hall–Kier alpha value is -0.570. The molecule has 1 atom stereocenters. The van der Waals surface area contributed by atoms with Crippen molar-refractivity contribution in [2.24, 2.45) is 10.9 Å². The molecule has 1 aliphatic carbocycles. The van der Waals surface area contributed by atoms with Gasteiger partial charge in [0.05, 0.1) is 6.61 Å². The Bertz CT molecular complexity index is 366. The van der Waals surface area contributed by atoms with Crippen LogP contribution < -0.4 is 5.32 Å². The number of ether oxygens (including phenoxy) is 1. The summed E-state index contributed by atoms with van der Waals surface area (Å²) in [5.74, 6) is 1.43. The van der Waals surface area contributed by atoms with Crippen molar-refractivity contribution in [3.8, 4) is 0 Å². The van der Waals surface area contributed by atoms with Crippen LogP contribution in [0.4, 0.5) is 0 Å². The Balaban J connectivity index is 0.00000220. The maximum absolute atomic E-state index is 11.7. The molecule has 1 saturated carbocycles. The fourth-order valence-electron chi connectivity index (χ4n) is 2.17. The zero-order valence-corrected chi connectivity index (χ0v) is 15.5. The van der Waals surface area contributed by atoms with E-state index in [9.17, 15) is 4.79 Å². The number of nitrogens with zero attached hydrogens (tertiary/aromatic N) is 3. The molecule has 0 aromatic heterocycles. The van der Waals surface area contributed by atoms with Gasteiger partial charge in [-0.25, -0.2) is 4.99 Å². The van der Waals surface area contributed by atoms with E-state index in [2.05, 4.69) is 15.2 Å². The summed E-state index contributed by atoms with van der Waals surface area (Å²) in [6.07, 6.45) is 3.50. The molecule has 0 bridgehead atoms. The van der Waals surface area contributed by atoms with Crippen LogP contribution in [0.3, 0.4) is 0 Å². The van der Waals surface area contributed by atoms with E-state index in [1.54, 1.807) is 19.0 Å². The minimum Gasteiger partial charge on any atom is -0.381 e. The maximum atomic E-state index is 11.7. The standard InChI is InChI=1S/C14H26N4O2.HI/c1-17(2)13(19)8-15-14(16-12-4-5-12)18(3)9-11-6-7-20-10-11;/h11-12H,4-10H2,1-3H3,(H,15,16);1H. The summed E-state index contributed by atoms with van der Waals surface area (Å²) in [4.78, 5) is 19.8. The van der Waals surface area contributed by atoms with Gasteiger partial charge in [-0.3, -0.25) is 4.79 Å². The second-order valence-corrected chi connectivity index (χ2v) is 5.96. The third-order valence-electron chi connectivity index (χ3n) is 3.69. The molecular weight excluding hydrogens is 383 g/mol. The van der Waals surface area contributed by atoms with E-state index in [4.69, 9.17) is 4.74 Å². The molecule has 1 N–H and O–H groups in total. The van der Waals surface area contributed by atoms with Crippen LogP contribution in [-0.2, 0) is 9.53 Å². The molecule has 1 unspecified atom stereocenters. The molecule has 1 amide bonds. The van der Waals surface area contributed by atoms with Crippen molar-refractivity contribution in [1.82, 2.24) is 15.1 Å². The van der Waals surface area contributed by atoms with Crippen molar-refractivity contribution in [3.05, 3.63) is 0 Å². The summed E-state index contributed by atoms with van der Waals surface area (Å²) >= 11 is 0. The van der Waals surface area contributed by atoms with Crippen molar-refractivity contribution < 1.29 is 9.53 Å². The van der Waals surface area contributed by atoms with Gasteiger partial charge in [0.15, 0.2) is 5.96 Å². The molecule has 1 saturated heterocycles. The molecule has 0 spiro atoms. The van der Waals surface area contributed by atoms with Gasteiger partial charge in [0.25, 0.3) is 0 Å². The number of aliphatic imine (C=N–C) groups is 1. The van der Waals surface area contributed by atoms with Crippen LogP contribution in [0.2, 0.25) is 0 Å². The molecular formula is C14H27IN4O2. The maximum Gasteiger partial charge on any atom is 0.243 e. The summed E-state index contributed by atoms with van der Waals surface area (Å²) in [5.41, 5.74) is 0. The Morgan fingerprint density at radius 1 is 1.29 bits per heavy atom. The van der Waals surface area contributed by atoms with E-state index < -0.39 is 0 Å². The number of likely N-dealkylation sites (N-methyl/N-ethyl adjacent to an activating group) is 1. The molecule has 2 rings (SSSR count). The minimum absolute atomic E-state index is 0. The third-order valence-corrected chi connectivity index (χ3v) is 3.69. The molecule has 1 aliphatic heterocycles. The average Bonchev–Trinajstić information content (AvgIpc) is 3.09. The van der Waals surface area contributed by atoms with Crippen LogP contribution in [-0.4, -0.2) is 75.2 Å². The number of halogens is 1. The number of amides is 1. The van der Waals surface area contributed by atoms with Gasteiger partial charge < -0.3 is 19.9 Å². The van der Waals surface area contributed by atoms with Crippen molar-refractivity contribution in [2.75, 3.05) is 47.4 Å². The van der Waals surface area contributed by atoms with Gasteiger partial charge in [-0.05, 0) is 19.3 Å². The average molecular weight is 410 g/mol. The second-order valence-electron chi connectivity index (χ2n) is 5.96. The van der Waals surface area contributed by atoms with E-state index in [1.165, 1.54) is 12.8 Å². The fraction of sp³-hybridized carbons (Fsp3) is 0.857. The summed E-state index contributed by atoms with van der Waals surface area (Å²) in [7, 11) is 5.55. The monoisotopic (exact) mass is 410 g/mol. The van der Waals surface area contributed by atoms with E-state index in [1.807, 2.05) is 7.05 Å². The SMILES string of the molecule is CN(C)C(=O)CN=C(NC1CC1)N(C)CC1CCOC1.I. The topological polar surface area (TPSA) is 57.2 Å². The van der Waals surface area contributed by atoms with Gasteiger partial charge in [-0.15, -0.1) is 24.0 Å².